The van der Waals surface area contributed by atoms with Crippen molar-refractivity contribution in [3.63, 3.8) is 0 Å². The van der Waals surface area contributed by atoms with E-state index in [-0.39, 0.29) is 23.8 Å². The SMILES string of the molecule is [B]C12[B]C13CCC(CC/C(N)=N/NN)CC3CC(C(=O)OCCCNC(C)=O)N2. The summed E-state index contributed by atoms with van der Waals surface area (Å²) in [5.74, 6) is 6.21. The highest BCUT2D eigenvalue weighted by atomic mass is 16.5. The quantitative estimate of drug-likeness (QED) is 0.0637. The Labute approximate surface area is 174 Å². The number of nitrogens with two attached hydrogens (primary N) is 2. The lowest BCUT2D eigenvalue weighted by molar-refractivity contribution is -0.148. The van der Waals surface area contributed by atoms with Gasteiger partial charge in [0.05, 0.1) is 14.5 Å². The highest BCUT2D eigenvalue weighted by Gasteiger charge is 2.71. The topological polar surface area (TPSA) is 144 Å². The maximum Gasteiger partial charge on any atom is 0.323 e. The number of nitrogens with zero attached hydrogens (tertiary/aromatic N) is 1. The van der Waals surface area contributed by atoms with Gasteiger partial charge in [0.1, 0.15) is 19.2 Å². The molecular weight excluding hydrogens is 370 g/mol. The van der Waals surface area contributed by atoms with Crippen molar-refractivity contribution in [1.82, 2.24) is 16.2 Å². The monoisotopic (exact) mass is 401 g/mol. The van der Waals surface area contributed by atoms with Gasteiger partial charge in [0.15, 0.2) is 0 Å². The molecule has 0 aromatic rings. The molecule has 11 heteroatoms. The molecule has 1 aliphatic carbocycles. The van der Waals surface area contributed by atoms with Crippen molar-refractivity contribution < 1.29 is 14.3 Å². The Morgan fingerprint density at radius 1 is 1.41 bits per heavy atom. The summed E-state index contributed by atoms with van der Waals surface area (Å²) in [6.45, 7) is 2.24. The van der Waals surface area contributed by atoms with Crippen molar-refractivity contribution in [1.29, 1.82) is 0 Å². The molecule has 7 N–H and O–H groups in total. The molecule has 0 aromatic carbocycles. The van der Waals surface area contributed by atoms with Gasteiger partial charge < -0.3 is 21.1 Å². The summed E-state index contributed by atoms with van der Waals surface area (Å²) >= 11 is 0. The van der Waals surface area contributed by atoms with Crippen molar-refractivity contribution in [2.75, 3.05) is 13.2 Å². The molecule has 3 rings (SSSR count). The number of rotatable bonds is 9. The number of amides is 1. The average molecular weight is 401 g/mol. The smallest absolute Gasteiger partial charge is 0.323 e. The lowest BCUT2D eigenvalue weighted by Gasteiger charge is -2.47. The van der Waals surface area contributed by atoms with Crippen LogP contribution in [0, 0.1) is 11.8 Å². The molecule has 1 saturated carbocycles. The summed E-state index contributed by atoms with van der Waals surface area (Å²) in [5.41, 5.74) is 8.05. The number of amidine groups is 1. The Balaban J connectivity index is 1.50. The first-order chi connectivity index (χ1) is 13.8. The first-order valence-electron chi connectivity index (χ1n) is 10.4. The maximum atomic E-state index is 12.5. The van der Waals surface area contributed by atoms with Crippen molar-refractivity contribution in [3.05, 3.63) is 0 Å². The Hall–Kier alpha value is -1.74. The standard InChI is InChI=1S/C18H31B2N6O3/c1-11(27)23-7-2-8-29-16(28)14-10-13-9-12(3-4-15(21)25-26-22)5-6-17(13)18(19,20-17)24-14/h12-14,24,26H,2-10,22H2,1H3,(H2,21,25)(H,23,27). The Morgan fingerprint density at radius 2 is 2.21 bits per heavy atom. The second-order valence-electron chi connectivity index (χ2n) is 8.60. The molecule has 2 heterocycles. The van der Waals surface area contributed by atoms with E-state index in [0.29, 0.717) is 37.1 Å². The Morgan fingerprint density at radius 3 is 2.93 bits per heavy atom. The van der Waals surface area contributed by atoms with E-state index in [4.69, 9.17) is 24.2 Å². The molecular formula is C18H31B2N6O3. The molecule has 1 amide bonds. The van der Waals surface area contributed by atoms with Gasteiger partial charge in [-0.05, 0) is 42.9 Å². The summed E-state index contributed by atoms with van der Waals surface area (Å²) in [5, 5.41) is 9.23. The molecule has 157 valence electrons. The van der Waals surface area contributed by atoms with Crippen LogP contribution in [0.1, 0.15) is 51.9 Å². The van der Waals surface area contributed by atoms with E-state index in [1.807, 2.05) is 0 Å². The molecule has 2 aliphatic heterocycles. The Bertz CT molecular complexity index is 666. The number of hydrogen-bond donors (Lipinski definition) is 5. The van der Waals surface area contributed by atoms with Gasteiger partial charge >= 0.3 is 5.97 Å². The molecule has 0 aromatic heterocycles. The normalized spacial score (nSPS) is 35.5. The third-order valence-electron chi connectivity index (χ3n) is 6.66. The molecule has 5 unspecified atom stereocenters. The van der Waals surface area contributed by atoms with E-state index in [2.05, 4.69) is 28.5 Å². The number of ether oxygens (including phenoxy) is 1. The number of carbonyl (C=O) groups is 2. The molecule has 3 fully saturated rings. The highest BCUT2D eigenvalue weighted by Crippen LogP contribution is 2.69. The van der Waals surface area contributed by atoms with Crippen LogP contribution < -0.4 is 27.7 Å². The van der Waals surface area contributed by atoms with Crippen molar-refractivity contribution in [2.45, 2.75) is 68.6 Å². The molecule has 0 bridgehead atoms. The van der Waals surface area contributed by atoms with Crippen LogP contribution in [-0.4, -0.2) is 57.4 Å². The van der Waals surface area contributed by atoms with Gasteiger partial charge in [-0.25, -0.2) is 11.4 Å². The summed E-state index contributed by atoms with van der Waals surface area (Å²) in [6, 6.07) is -0.399. The second kappa shape index (κ2) is 8.95. The van der Waals surface area contributed by atoms with Crippen LogP contribution in [0.4, 0.5) is 0 Å². The molecule has 29 heavy (non-hydrogen) atoms. The summed E-state index contributed by atoms with van der Waals surface area (Å²) < 4.78 is 5.41. The molecule has 9 nitrogen and oxygen atoms in total. The molecule has 3 aliphatic rings. The number of esters is 1. The van der Waals surface area contributed by atoms with Crippen LogP contribution in [0.3, 0.4) is 0 Å². The van der Waals surface area contributed by atoms with Gasteiger partial charge in [-0.3, -0.25) is 9.59 Å². The third kappa shape index (κ3) is 4.88. The summed E-state index contributed by atoms with van der Waals surface area (Å²) in [6.07, 6.45) is 6.11. The second-order valence-corrected chi connectivity index (χ2v) is 8.60. The fourth-order valence-corrected chi connectivity index (χ4v) is 5.11. The fourth-order valence-electron chi connectivity index (χ4n) is 5.11. The van der Waals surface area contributed by atoms with Gasteiger partial charge in [-0.15, -0.1) is 0 Å². The number of hydrazine groups is 1. The lowest BCUT2D eigenvalue weighted by Crippen LogP contribution is -2.55. The average Bonchev–Trinajstić information content (AvgIpc) is 3.28. The van der Waals surface area contributed by atoms with E-state index < -0.39 is 11.4 Å². The lowest BCUT2D eigenvalue weighted by atomic mass is 9.60. The zero-order valence-electron chi connectivity index (χ0n) is 17.1. The van der Waals surface area contributed by atoms with Crippen LogP contribution >= 0.6 is 0 Å². The van der Waals surface area contributed by atoms with Crippen LogP contribution in [-0.2, 0) is 14.3 Å². The first-order valence-corrected chi connectivity index (χ1v) is 10.4. The Kier molecular flexibility index (Phi) is 6.78. The largest absolute Gasteiger partial charge is 0.464 e. The molecule has 3 radical (unpaired) electrons. The van der Waals surface area contributed by atoms with E-state index >= 15 is 0 Å². The number of carbonyl (C=O) groups excluding carboxylic acids is 2. The number of hydrazone groups is 1. The number of nitrogens with one attached hydrogen (secondary N) is 3. The predicted octanol–water partition coefficient (Wildman–Crippen LogP) is -0.951. The van der Waals surface area contributed by atoms with E-state index in [1.54, 1.807) is 0 Å². The van der Waals surface area contributed by atoms with Crippen molar-refractivity contribution in [3.8, 4) is 0 Å². The number of hydrogen-bond acceptors (Lipinski definition) is 7. The van der Waals surface area contributed by atoms with Gasteiger partial charge in [-0.2, -0.15) is 5.10 Å². The van der Waals surface area contributed by atoms with Gasteiger partial charge in [0.25, 0.3) is 0 Å². The minimum atomic E-state index is -0.579. The molecule has 5 atom stereocenters. The van der Waals surface area contributed by atoms with Gasteiger partial charge in [0.2, 0.25) is 5.91 Å². The van der Waals surface area contributed by atoms with Crippen LogP contribution in [0.15, 0.2) is 5.10 Å². The summed E-state index contributed by atoms with van der Waals surface area (Å²) in [4.78, 5) is 23.4. The van der Waals surface area contributed by atoms with Crippen molar-refractivity contribution in [2.24, 2.45) is 28.5 Å². The van der Waals surface area contributed by atoms with Gasteiger partial charge in [-0.1, -0.05) is 18.2 Å². The molecule has 1 spiro atoms. The zero-order chi connectivity index (χ0) is 21.1. The summed E-state index contributed by atoms with van der Waals surface area (Å²) in [7, 11) is 8.74. The van der Waals surface area contributed by atoms with Crippen LogP contribution in [0.2, 0.25) is 5.31 Å². The predicted molar refractivity (Wildman–Crippen MR) is 112 cm³/mol. The first kappa shape index (κ1) is 22.0. The van der Waals surface area contributed by atoms with E-state index in [1.165, 1.54) is 6.92 Å². The number of piperidine rings is 1. The van der Waals surface area contributed by atoms with Crippen molar-refractivity contribution >= 4 is 32.8 Å². The van der Waals surface area contributed by atoms with Crippen LogP contribution in [0.25, 0.3) is 0 Å². The van der Waals surface area contributed by atoms with E-state index in [0.717, 1.165) is 32.1 Å². The highest BCUT2D eigenvalue weighted by molar-refractivity contribution is 6.72. The van der Waals surface area contributed by atoms with Gasteiger partial charge in [0, 0.05) is 19.9 Å². The fraction of sp³-hybridized carbons (Fsp3) is 0.833. The van der Waals surface area contributed by atoms with Crippen LogP contribution in [0.5, 0.6) is 0 Å². The third-order valence-corrected chi connectivity index (χ3v) is 6.66. The molecule has 2 saturated heterocycles. The maximum absolute atomic E-state index is 12.5. The zero-order valence-corrected chi connectivity index (χ0v) is 17.1. The van der Waals surface area contributed by atoms with E-state index in [9.17, 15) is 9.59 Å². The minimum absolute atomic E-state index is 0.00979. The minimum Gasteiger partial charge on any atom is -0.464 e.